The molecule has 1 amide bonds. The molecule has 116 valence electrons. The standard InChI is InChI=1S/C18H28N2O/c1-20(2)17(13-15-9-5-3-6-10-15)14-19-18(21)16-11-7-4-8-12-16/h3,5-6,9-10,16-17H,4,7-8,11-14H2,1-2H3,(H,19,21). The lowest BCUT2D eigenvalue weighted by Gasteiger charge is -2.27. The number of carbonyl (C=O) groups excluding carboxylic acids is 1. The highest BCUT2D eigenvalue weighted by molar-refractivity contribution is 5.78. The van der Waals surface area contributed by atoms with E-state index in [1.54, 1.807) is 0 Å². The van der Waals surface area contributed by atoms with Crippen molar-refractivity contribution in [1.82, 2.24) is 10.2 Å². The maximum absolute atomic E-state index is 12.2. The molecule has 0 aliphatic heterocycles. The van der Waals surface area contributed by atoms with Crippen molar-refractivity contribution in [2.45, 2.75) is 44.6 Å². The van der Waals surface area contributed by atoms with E-state index in [1.165, 1.54) is 24.8 Å². The summed E-state index contributed by atoms with van der Waals surface area (Å²) in [5.74, 6) is 0.507. The fourth-order valence-corrected chi connectivity index (χ4v) is 3.05. The van der Waals surface area contributed by atoms with Gasteiger partial charge in [-0.2, -0.15) is 0 Å². The minimum absolute atomic E-state index is 0.248. The SMILES string of the molecule is CN(C)C(CNC(=O)C1CCCCC1)Cc1ccccc1. The Morgan fingerprint density at radius 2 is 1.86 bits per heavy atom. The highest BCUT2D eigenvalue weighted by atomic mass is 16.1. The molecule has 0 radical (unpaired) electrons. The molecular formula is C18H28N2O. The normalized spacial score (nSPS) is 17.7. The van der Waals surface area contributed by atoms with Crippen molar-refractivity contribution in [2.24, 2.45) is 5.92 Å². The highest BCUT2D eigenvalue weighted by Gasteiger charge is 2.22. The lowest BCUT2D eigenvalue weighted by molar-refractivity contribution is -0.126. The molecule has 1 aromatic rings. The summed E-state index contributed by atoms with van der Waals surface area (Å²) in [6.07, 6.45) is 6.81. The van der Waals surface area contributed by atoms with Crippen LogP contribution in [-0.4, -0.2) is 37.5 Å². The lowest BCUT2D eigenvalue weighted by Crippen LogP contribution is -2.43. The average Bonchev–Trinajstić information content (AvgIpc) is 2.52. The molecule has 3 heteroatoms. The van der Waals surface area contributed by atoms with Crippen LogP contribution in [0, 0.1) is 5.92 Å². The number of likely N-dealkylation sites (N-methyl/N-ethyl adjacent to an activating group) is 1. The highest BCUT2D eigenvalue weighted by Crippen LogP contribution is 2.23. The van der Waals surface area contributed by atoms with Crippen molar-refractivity contribution in [3.8, 4) is 0 Å². The van der Waals surface area contributed by atoms with E-state index in [4.69, 9.17) is 0 Å². The van der Waals surface area contributed by atoms with E-state index in [1.807, 2.05) is 6.07 Å². The van der Waals surface area contributed by atoms with Gasteiger partial charge < -0.3 is 10.2 Å². The van der Waals surface area contributed by atoms with Crippen molar-refractivity contribution >= 4 is 5.91 Å². The van der Waals surface area contributed by atoms with E-state index in [9.17, 15) is 4.79 Å². The Morgan fingerprint density at radius 3 is 2.48 bits per heavy atom. The Kier molecular flexibility index (Phi) is 6.24. The maximum Gasteiger partial charge on any atom is 0.223 e. The number of carbonyl (C=O) groups is 1. The van der Waals surface area contributed by atoms with Crippen LogP contribution >= 0.6 is 0 Å². The van der Waals surface area contributed by atoms with Crippen LogP contribution in [0.25, 0.3) is 0 Å². The van der Waals surface area contributed by atoms with Crippen molar-refractivity contribution in [1.29, 1.82) is 0 Å². The molecule has 1 atom stereocenters. The Hall–Kier alpha value is -1.35. The quantitative estimate of drug-likeness (QED) is 0.873. The van der Waals surface area contributed by atoms with Gasteiger partial charge in [-0.3, -0.25) is 4.79 Å². The number of benzene rings is 1. The molecular weight excluding hydrogens is 260 g/mol. The summed E-state index contributed by atoms with van der Waals surface area (Å²) in [5, 5.41) is 3.17. The van der Waals surface area contributed by atoms with Gasteiger partial charge in [-0.05, 0) is 38.9 Å². The second-order valence-electron chi connectivity index (χ2n) is 6.39. The van der Waals surface area contributed by atoms with E-state index in [0.29, 0.717) is 6.04 Å². The Balaban J connectivity index is 1.83. The first-order valence-corrected chi connectivity index (χ1v) is 8.15. The maximum atomic E-state index is 12.2. The minimum Gasteiger partial charge on any atom is -0.354 e. The summed E-state index contributed by atoms with van der Waals surface area (Å²) in [4.78, 5) is 14.5. The van der Waals surface area contributed by atoms with Gasteiger partial charge in [0.05, 0.1) is 0 Å². The van der Waals surface area contributed by atoms with Gasteiger partial charge in [0.15, 0.2) is 0 Å². The van der Waals surface area contributed by atoms with Crippen molar-refractivity contribution < 1.29 is 4.79 Å². The van der Waals surface area contributed by atoms with Crippen molar-refractivity contribution in [3.05, 3.63) is 35.9 Å². The Bertz CT molecular complexity index is 424. The van der Waals surface area contributed by atoms with E-state index < -0.39 is 0 Å². The van der Waals surface area contributed by atoms with Crippen LogP contribution in [0.5, 0.6) is 0 Å². The van der Waals surface area contributed by atoms with Crippen LogP contribution in [0.1, 0.15) is 37.7 Å². The molecule has 1 aliphatic carbocycles. The first-order chi connectivity index (χ1) is 10.2. The summed E-state index contributed by atoms with van der Waals surface area (Å²) in [6.45, 7) is 0.733. The number of nitrogens with zero attached hydrogens (tertiary/aromatic N) is 1. The molecule has 1 N–H and O–H groups in total. The van der Waals surface area contributed by atoms with Crippen LogP contribution < -0.4 is 5.32 Å². The van der Waals surface area contributed by atoms with Crippen LogP contribution in [0.4, 0.5) is 0 Å². The average molecular weight is 288 g/mol. The van der Waals surface area contributed by atoms with E-state index >= 15 is 0 Å². The number of rotatable bonds is 6. The molecule has 1 fully saturated rings. The van der Waals surface area contributed by atoms with Gasteiger partial charge in [-0.15, -0.1) is 0 Å². The fourth-order valence-electron chi connectivity index (χ4n) is 3.05. The van der Waals surface area contributed by atoms with Gasteiger partial charge in [-0.25, -0.2) is 0 Å². The second kappa shape index (κ2) is 8.18. The molecule has 1 aromatic carbocycles. The molecule has 0 spiro atoms. The van der Waals surface area contributed by atoms with Gasteiger partial charge in [0.2, 0.25) is 5.91 Å². The van der Waals surface area contributed by atoms with Gasteiger partial charge in [0.1, 0.15) is 0 Å². The minimum atomic E-state index is 0.248. The number of amides is 1. The van der Waals surface area contributed by atoms with E-state index in [-0.39, 0.29) is 11.8 Å². The van der Waals surface area contributed by atoms with Crippen molar-refractivity contribution in [2.75, 3.05) is 20.6 Å². The first kappa shape index (κ1) is 16.0. The largest absolute Gasteiger partial charge is 0.354 e. The molecule has 3 nitrogen and oxygen atoms in total. The predicted molar refractivity (Wildman–Crippen MR) is 87.2 cm³/mol. The van der Waals surface area contributed by atoms with Gasteiger partial charge in [-0.1, -0.05) is 49.6 Å². The van der Waals surface area contributed by atoms with Gasteiger partial charge in [0.25, 0.3) is 0 Å². The zero-order chi connectivity index (χ0) is 15.1. The van der Waals surface area contributed by atoms with Crippen molar-refractivity contribution in [3.63, 3.8) is 0 Å². The van der Waals surface area contributed by atoms with E-state index in [2.05, 4.69) is 48.6 Å². The second-order valence-corrected chi connectivity index (χ2v) is 6.39. The predicted octanol–water partition coefficient (Wildman–Crippen LogP) is 2.86. The molecule has 0 aromatic heterocycles. The summed E-state index contributed by atoms with van der Waals surface area (Å²) in [5.41, 5.74) is 1.32. The summed E-state index contributed by atoms with van der Waals surface area (Å²) >= 11 is 0. The zero-order valence-electron chi connectivity index (χ0n) is 13.3. The van der Waals surface area contributed by atoms with Crippen LogP contribution in [0.15, 0.2) is 30.3 Å². The summed E-state index contributed by atoms with van der Waals surface area (Å²) in [6, 6.07) is 10.8. The van der Waals surface area contributed by atoms with Gasteiger partial charge >= 0.3 is 0 Å². The topological polar surface area (TPSA) is 32.3 Å². The molecule has 0 bridgehead atoms. The molecule has 1 aliphatic rings. The lowest BCUT2D eigenvalue weighted by atomic mass is 9.88. The number of nitrogens with one attached hydrogen (secondary N) is 1. The molecule has 21 heavy (non-hydrogen) atoms. The monoisotopic (exact) mass is 288 g/mol. The summed E-state index contributed by atoms with van der Waals surface area (Å²) < 4.78 is 0. The van der Waals surface area contributed by atoms with Crippen LogP contribution in [0.3, 0.4) is 0 Å². The fraction of sp³-hybridized carbons (Fsp3) is 0.611. The molecule has 1 unspecified atom stereocenters. The smallest absolute Gasteiger partial charge is 0.223 e. The molecule has 0 saturated heterocycles. The Labute approximate surface area is 128 Å². The molecule has 1 saturated carbocycles. The summed E-state index contributed by atoms with van der Waals surface area (Å²) in [7, 11) is 4.17. The number of hydrogen-bond acceptors (Lipinski definition) is 2. The number of hydrogen-bond donors (Lipinski definition) is 1. The molecule has 2 rings (SSSR count). The van der Waals surface area contributed by atoms with Crippen LogP contribution in [0.2, 0.25) is 0 Å². The third-order valence-electron chi connectivity index (χ3n) is 4.53. The zero-order valence-corrected chi connectivity index (χ0v) is 13.3. The van der Waals surface area contributed by atoms with Crippen LogP contribution in [-0.2, 0) is 11.2 Å². The molecule has 0 heterocycles. The van der Waals surface area contributed by atoms with Gasteiger partial charge in [0, 0.05) is 18.5 Å². The third-order valence-corrected chi connectivity index (χ3v) is 4.53. The van der Waals surface area contributed by atoms with E-state index in [0.717, 1.165) is 25.8 Å². The first-order valence-electron chi connectivity index (χ1n) is 8.15. The Morgan fingerprint density at radius 1 is 1.19 bits per heavy atom. The third kappa shape index (κ3) is 5.16.